The first kappa shape index (κ1) is 13.1. The minimum absolute atomic E-state index is 0.539. The van der Waals surface area contributed by atoms with Crippen molar-refractivity contribution in [3.8, 4) is 0 Å². The third-order valence-electron chi connectivity index (χ3n) is 3.97. The predicted molar refractivity (Wildman–Crippen MR) is 77.9 cm³/mol. The van der Waals surface area contributed by atoms with Crippen LogP contribution in [0.4, 0.5) is 5.82 Å². The Hall–Kier alpha value is -0.870. The Morgan fingerprint density at radius 2 is 2.00 bits per heavy atom. The summed E-state index contributed by atoms with van der Waals surface area (Å²) in [5.41, 5.74) is 0.965. The lowest BCUT2D eigenvalue weighted by molar-refractivity contribution is 0.352. The second-order valence-electron chi connectivity index (χ2n) is 5.60. The normalized spacial score (nSPS) is 19.9. The van der Waals surface area contributed by atoms with Crippen molar-refractivity contribution in [2.75, 3.05) is 31.5 Å². The average molecular weight is 281 g/mol. The molecule has 1 saturated carbocycles. The maximum Gasteiger partial charge on any atom is 0.137 e. The third-order valence-corrected chi connectivity index (χ3v) is 4.33. The van der Waals surface area contributed by atoms with Crippen LogP contribution in [0.2, 0.25) is 5.15 Å². The van der Waals surface area contributed by atoms with E-state index in [4.69, 9.17) is 11.6 Å². The highest BCUT2D eigenvalue weighted by molar-refractivity contribution is 6.30. The van der Waals surface area contributed by atoms with Gasteiger partial charge < -0.3 is 10.2 Å². The monoisotopic (exact) mass is 280 g/mol. The second-order valence-corrected chi connectivity index (χ2v) is 5.95. The van der Waals surface area contributed by atoms with Crippen LogP contribution in [0, 0.1) is 6.92 Å². The number of nitrogens with one attached hydrogen (secondary N) is 1. The van der Waals surface area contributed by atoms with Gasteiger partial charge in [0.05, 0.1) is 0 Å². The highest BCUT2D eigenvalue weighted by Gasteiger charge is 2.28. The van der Waals surface area contributed by atoms with E-state index in [0.29, 0.717) is 11.1 Å². The predicted octanol–water partition coefficient (Wildman–Crippen LogP) is 2.82. The molecular formula is C14H21ClN4. The molecule has 0 amide bonds. The zero-order chi connectivity index (χ0) is 13.2. The second kappa shape index (κ2) is 5.63. The molecule has 1 aliphatic heterocycles. The molecular weight excluding hydrogens is 260 g/mol. The molecule has 2 aliphatic rings. The first-order valence-electron chi connectivity index (χ1n) is 7.24. The van der Waals surface area contributed by atoms with E-state index in [2.05, 4.69) is 20.2 Å². The summed E-state index contributed by atoms with van der Waals surface area (Å²) in [5.74, 6) is 2.37. The largest absolute Gasteiger partial charge is 0.368 e. The summed E-state index contributed by atoms with van der Waals surface area (Å²) in [6.45, 7) is 6.46. The van der Waals surface area contributed by atoms with Gasteiger partial charge in [0, 0.05) is 24.6 Å². The number of halogens is 1. The van der Waals surface area contributed by atoms with Crippen LogP contribution in [-0.2, 0) is 0 Å². The summed E-state index contributed by atoms with van der Waals surface area (Å²) in [4.78, 5) is 11.5. The fourth-order valence-corrected chi connectivity index (χ4v) is 2.72. The van der Waals surface area contributed by atoms with Crippen LogP contribution in [0.3, 0.4) is 0 Å². The van der Waals surface area contributed by atoms with Crippen molar-refractivity contribution in [2.45, 2.75) is 38.5 Å². The minimum Gasteiger partial charge on any atom is -0.368 e. The standard InChI is InChI=1S/C14H21ClN4/c1-10-12(15)17-14(11-4-5-11)18-13(10)16-6-9-19-7-2-3-8-19/h11H,2-9H2,1H3,(H,16,17,18). The lowest BCUT2D eigenvalue weighted by Crippen LogP contribution is -2.26. The SMILES string of the molecule is Cc1c(Cl)nc(C2CC2)nc1NCCN1CCCC1. The molecule has 1 N–H and O–H groups in total. The number of rotatable bonds is 5. The molecule has 0 aromatic carbocycles. The van der Waals surface area contributed by atoms with Gasteiger partial charge in [0.15, 0.2) is 0 Å². The quantitative estimate of drug-likeness (QED) is 0.842. The van der Waals surface area contributed by atoms with Gasteiger partial charge >= 0.3 is 0 Å². The Labute approximate surface area is 119 Å². The zero-order valence-electron chi connectivity index (χ0n) is 11.5. The van der Waals surface area contributed by atoms with Gasteiger partial charge in [-0.2, -0.15) is 0 Å². The highest BCUT2D eigenvalue weighted by Crippen LogP contribution is 2.39. The molecule has 0 spiro atoms. The van der Waals surface area contributed by atoms with E-state index < -0.39 is 0 Å². The zero-order valence-corrected chi connectivity index (χ0v) is 12.2. The summed E-state index contributed by atoms with van der Waals surface area (Å²) < 4.78 is 0. The number of hydrogen-bond acceptors (Lipinski definition) is 4. The summed E-state index contributed by atoms with van der Waals surface area (Å²) in [6.07, 6.45) is 5.08. The molecule has 1 aromatic rings. The van der Waals surface area contributed by atoms with E-state index in [1.54, 1.807) is 0 Å². The molecule has 1 aliphatic carbocycles. The number of aromatic nitrogens is 2. The van der Waals surface area contributed by atoms with E-state index in [-0.39, 0.29) is 0 Å². The van der Waals surface area contributed by atoms with E-state index in [9.17, 15) is 0 Å². The highest BCUT2D eigenvalue weighted by atomic mass is 35.5. The number of hydrogen-bond donors (Lipinski definition) is 1. The first-order valence-corrected chi connectivity index (χ1v) is 7.62. The lowest BCUT2D eigenvalue weighted by Gasteiger charge is -2.16. The molecule has 0 unspecified atom stereocenters. The van der Waals surface area contributed by atoms with Crippen LogP contribution in [0.1, 0.15) is 43.0 Å². The average Bonchev–Trinajstić information content (AvgIpc) is 3.12. The molecule has 1 saturated heterocycles. The molecule has 4 nitrogen and oxygen atoms in total. The van der Waals surface area contributed by atoms with Crippen LogP contribution in [0.25, 0.3) is 0 Å². The van der Waals surface area contributed by atoms with E-state index in [1.165, 1.54) is 38.8 Å². The van der Waals surface area contributed by atoms with Crippen LogP contribution < -0.4 is 5.32 Å². The molecule has 1 aromatic heterocycles. The number of likely N-dealkylation sites (tertiary alicyclic amines) is 1. The van der Waals surface area contributed by atoms with Gasteiger partial charge in [-0.25, -0.2) is 9.97 Å². The van der Waals surface area contributed by atoms with Gasteiger partial charge in [-0.1, -0.05) is 11.6 Å². The van der Waals surface area contributed by atoms with Gasteiger partial charge in [-0.15, -0.1) is 0 Å². The Kier molecular flexibility index (Phi) is 3.89. The van der Waals surface area contributed by atoms with E-state index in [1.807, 2.05) is 6.92 Å². The molecule has 104 valence electrons. The van der Waals surface area contributed by atoms with Crippen LogP contribution in [-0.4, -0.2) is 41.0 Å². The fourth-order valence-electron chi connectivity index (χ4n) is 2.54. The maximum absolute atomic E-state index is 6.20. The van der Waals surface area contributed by atoms with Crippen molar-refractivity contribution < 1.29 is 0 Å². The molecule has 3 rings (SSSR count). The summed E-state index contributed by atoms with van der Waals surface area (Å²) in [7, 11) is 0. The molecule has 5 heteroatoms. The van der Waals surface area contributed by atoms with Gasteiger partial charge in [0.25, 0.3) is 0 Å². The van der Waals surface area contributed by atoms with Crippen LogP contribution in [0.5, 0.6) is 0 Å². The summed E-state index contributed by atoms with van der Waals surface area (Å²) in [6, 6.07) is 0. The van der Waals surface area contributed by atoms with Gasteiger partial charge in [0.2, 0.25) is 0 Å². The van der Waals surface area contributed by atoms with Crippen molar-refractivity contribution in [3.05, 3.63) is 16.5 Å². The third kappa shape index (κ3) is 3.18. The topological polar surface area (TPSA) is 41.1 Å². The Morgan fingerprint density at radius 3 is 2.68 bits per heavy atom. The summed E-state index contributed by atoms with van der Waals surface area (Å²) in [5, 5.41) is 4.02. The Morgan fingerprint density at radius 1 is 1.26 bits per heavy atom. The first-order chi connectivity index (χ1) is 9.24. The fraction of sp³-hybridized carbons (Fsp3) is 0.714. The van der Waals surface area contributed by atoms with Gasteiger partial charge in [-0.05, 0) is 45.7 Å². The maximum atomic E-state index is 6.20. The number of anilines is 1. The van der Waals surface area contributed by atoms with Crippen molar-refractivity contribution >= 4 is 17.4 Å². The van der Waals surface area contributed by atoms with E-state index >= 15 is 0 Å². The van der Waals surface area contributed by atoms with Crippen LogP contribution >= 0.6 is 11.6 Å². The molecule has 19 heavy (non-hydrogen) atoms. The van der Waals surface area contributed by atoms with Crippen molar-refractivity contribution in [3.63, 3.8) is 0 Å². The smallest absolute Gasteiger partial charge is 0.137 e. The molecule has 0 radical (unpaired) electrons. The number of nitrogens with zero attached hydrogens (tertiary/aromatic N) is 3. The van der Waals surface area contributed by atoms with Gasteiger partial charge in [0.1, 0.15) is 16.8 Å². The lowest BCUT2D eigenvalue weighted by atomic mass is 10.3. The van der Waals surface area contributed by atoms with Gasteiger partial charge in [-0.3, -0.25) is 0 Å². The Balaban J connectivity index is 1.62. The molecule has 2 heterocycles. The molecule has 0 atom stereocenters. The summed E-state index contributed by atoms with van der Waals surface area (Å²) >= 11 is 6.20. The molecule has 2 fully saturated rings. The van der Waals surface area contributed by atoms with E-state index in [0.717, 1.165) is 30.3 Å². The Bertz CT molecular complexity index is 453. The van der Waals surface area contributed by atoms with Crippen LogP contribution in [0.15, 0.2) is 0 Å². The van der Waals surface area contributed by atoms with Crippen molar-refractivity contribution in [1.29, 1.82) is 0 Å². The van der Waals surface area contributed by atoms with Crippen molar-refractivity contribution in [1.82, 2.24) is 14.9 Å². The molecule has 0 bridgehead atoms. The van der Waals surface area contributed by atoms with Crippen molar-refractivity contribution in [2.24, 2.45) is 0 Å². The minimum atomic E-state index is 0.539.